The van der Waals surface area contributed by atoms with Gasteiger partial charge in [-0.3, -0.25) is 4.68 Å². The Hall–Kier alpha value is -2.10. The predicted molar refractivity (Wildman–Crippen MR) is 80.4 cm³/mol. The lowest BCUT2D eigenvalue weighted by molar-refractivity contribution is -0.147. The third-order valence-electron chi connectivity index (χ3n) is 4.29. The van der Waals surface area contributed by atoms with Crippen molar-refractivity contribution in [3.63, 3.8) is 0 Å². The third-order valence-corrected chi connectivity index (χ3v) is 4.29. The van der Waals surface area contributed by atoms with Gasteiger partial charge in [-0.15, -0.1) is 0 Å². The fourth-order valence-corrected chi connectivity index (χ4v) is 2.59. The molecule has 1 aromatic carbocycles. The first kappa shape index (κ1) is 13.9. The van der Waals surface area contributed by atoms with Crippen LogP contribution < -0.4 is 0 Å². The van der Waals surface area contributed by atoms with E-state index in [1.165, 1.54) is 18.4 Å². The average molecular weight is 284 g/mol. The quantitative estimate of drug-likeness (QED) is 0.917. The Bertz CT molecular complexity index is 656. The molecule has 0 radical (unpaired) electrons. The first-order chi connectivity index (χ1) is 9.99. The molecule has 0 amide bonds. The monoisotopic (exact) mass is 284 g/mol. The molecule has 21 heavy (non-hydrogen) atoms. The summed E-state index contributed by atoms with van der Waals surface area (Å²) in [7, 11) is 0. The Labute approximate surface area is 124 Å². The molecule has 1 N–H and O–H groups in total. The van der Waals surface area contributed by atoms with Crippen LogP contribution in [0.3, 0.4) is 0 Å². The zero-order valence-corrected chi connectivity index (χ0v) is 12.4. The van der Waals surface area contributed by atoms with Gasteiger partial charge in [-0.2, -0.15) is 5.10 Å². The minimum absolute atomic E-state index is 0.425. The molecule has 1 aliphatic rings. The number of aliphatic carboxylic acids is 1. The van der Waals surface area contributed by atoms with Crippen molar-refractivity contribution in [3.8, 4) is 0 Å². The van der Waals surface area contributed by atoms with E-state index in [1.807, 2.05) is 43.6 Å². The van der Waals surface area contributed by atoms with Crippen LogP contribution >= 0.6 is 0 Å². The molecule has 1 heterocycles. The summed E-state index contributed by atoms with van der Waals surface area (Å²) in [5, 5.41) is 14.0. The van der Waals surface area contributed by atoms with Crippen molar-refractivity contribution in [2.75, 3.05) is 0 Å². The molecular formula is C17H20N2O2. The molecule has 1 aliphatic carbocycles. The minimum Gasteiger partial charge on any atom is -0.479 e. The molecule has 0 spiro atoms. The van der Waals surface area contributed by atoms with Gasteiger partial charge in [-0.25, -0.2) is 4.79 Å². The number of aromatic nitrogens is 2. The van der Waals surface area contributed by atoms with Crippen LogP contribution in [0.2, 0.25) is 0 Å². The predicted octanol–water partition coefficient (Wildman–Crippen LogP) is 3.11. The van der Waals surface area contributed by atoms with Gasteiger partial charge in [-0.1, -0.05) is 29.8 Å². The summed E-state index contributed by atoms with van der Waals surface area (Å²) in [6.07, 6.45) is 6.52. The Morgan fingerprint density at radius 2 is 2.05 bits per heavy atom. The van der Waals surface area contributed by atoms with Gasteiger partial charge in [0.2, 0.25) is 0 Å². The molecule has 1 aromatic heterocycles. The van der Waals surface area contributed by atoms with E-state index in [0.717, 1.165) is 11.1 Å². The van der Waals surface area contributed by atoms with E-state index >= 15 is 0 Å². The Morgan fingerprint density at radius 1 is 1.38 bits per heavy atom. The highest BCUT2D eigenvalue weighted by molar-refractivity contribution is 5.76. The Kier molecular flexibility index (Phi) is 3.32. The lowest BCUT2D eigenvalue weighted by atomic mass is 9.92. The van der Waals surface area contributed by atoms with E-state index in [-0.39, 0.29) is 0 Å². The van der Waals surface area contributed by atoms with Crippen LogP contribution in [-0.4, -0.2) is 20.9 Å². The zero-order valence-electron chi connectivity index (χ0n) is 12.4. The summed E-state index contributed by atoms with van der Waals surface area (Å²) in [5.74, 6) is -0.273. The first-order valence-corrected chi connectivity index (χ1v) is 7.33. The summed E-state index contributed by atoms with van der Waals surface area (Å²) in [6, 6.07) is 8.00. The van der Waals surface area contributed by atoms with Crippen molar-refractivity contribution in [1.29, 1.82) is 0 Å². The molecule has 4 heteroatoms. The van der Waals surface area contributed by atoms with Crippen molar-refractivity contribution in [1.82, 2.24) is 9.78 Å². The summed E-state index contributed by atoms with van der Waals surface area (Å²) < 4.78 is 1.61. The standard InChI is InChI=1S/C17H20N2O2/c1-12-3-5-13(6-4-12)9-17(2,16(20)21)19-11-15(10-18-19)14-7-8-14/h3-6,10-11,14H,7-9H2,1-2H3,(H,20,21). The van der Waals surface area contributed by atoms with E-state index < -0.39 is 11.5 Å². The van der Waals surface area contributed by atoms with Crippen LogP contribution in [0.25, 0.3) is 0 Å². The molecule has 4 nitrogen and oxygen atoms in total. The average Bonchev–Trinajstić information content (AvgIpc) is 3.18. The van der Waals surface area contributed by atoms with Crippen LogP contribution in [0.15, 0.2) is 36.7 Å². The molecule has 0 saturated heterocycles. The molecule has 1 fully saturated rings. The number of aryl methyl sites for hydroxylation is 1. The van der Waals surface area contributed by atoms with Gasteiger partial charge in [0, 0.05) is 12.6 Å². The number of rotatable bonds is 5. The van der Waals surface area contributed by atoms with E-state index in [4.69, 9.17) is 0 Å². The van der Waals surface area contributed by atoms with Crippen LogP contribution in [0, 0.1) is 6.92 Å². The molecule has 110 valence electrons. The normalized spacial score (nSPS) is 17.4. The van der Waals surface area contributed by atoms with E-state index in [0.29, 0.717) is 12.3 Å². The SMILES string of the molecule is Cc1ccc(CC(C)(C(=O)O)n2cc(C3CC3)cn2)cc1. The van der Waals surface area contributed by atoms with Gasteiger partial charge in [0.1, 0.15) is 0 Å². The zero-order chi connectivity index (χ0) is 15.0. The van der Waals surface area contributed by atoms with Crippen molar-refractivity contribution in [3.05, 3.63) is 53.3 Å². The molecule has 3 rings (SSSR count). The molecular weight excluding hydrogens is 264 g/mol. The second kappa shape index (κ2) is 5.02. The fourth-order valence-electron chi connectivity index (χ4n) is 2.59. The highest BCUT2D eigenvalue weighted by Crippen LogP contribution is 2.40. The van der Waals surface area contributed by atoms with Crippen LogP contribution in [-0.2, 0) is 16.8 Å². The van der Waals surface area contributed by atoms with Crippen molar-refractivity contribution < 1.29 is 9.90 Å². The fraction of sp³-hybridized carbons (Fsp3) is 0.412. The maximum Gasteiger partial charge on any atom is 0.331 e. The van der Waals surface area contributed by atoms with E-state index in [2.05, 4.69) is 5.10 Å². The van der Waals surface area contributed by atoms with Gasteiger partial charge in [0.25, 0.3) is 0 Å². The van der Waals surface area contributed by atoms with Gasteiger partial charge < -0.3 is 5.11 Å². The van der Waals surface area contributed by atoms with Crippen LogP contribution in [0.1, 0.15) is 42.4 Å². The second-order valence-corrected chi connectivity index (χ2v) is 6.23. The maximum absolute atomic E-state index is 11.8. The largest absolute Gasteiger partial charge is 0.479 e. The third kappa shape index (κ3) is 2.71. The summed E-state index contributed by atoms with van der Waals surface area (Å²) >= 11 is 0. The highest BCUT2D eigenvalue weighted by Gasteiger charge is 2.37. The lowest BCUT2D eigenvalue weighted by Crippen LogP contribution is -2.41. The topological polar surface area (TPSA) is 55.1 Å². The maximum atomic E-state index is 11.8. The number of carbonyl (C=O) groups is 1. The summed E-state index contributed by atoms with van der Waals surface area (Å²) in [6.45, 7) is 3.76. The molecule has 0 aliphatic heterocycles. The van der Waals surface area contributed by atoms with E-state index in [1.54, 1.807) is 11.6 Å². The van der Waals surface area contributed by atoms with Crippen molar-refractivity contribution >= 4 is 5.97 Å². The van der Waals surface area contributed by atoms with Crippen molar-refractivity contribution in [2.24, 2.45) is 0 Å². The van der Waals surface area contributed by atoms with Crippen molar-refractivity contribution in [2.45, 2.75) is 44.6 Å². The molecule has 1 atom stereocenters. The minimum atomic E-state index is -1.05. The van der Waals surface area contributed by atoms with Gasteiger partial charge in [0.05, 0.1) is 6.20 Å². The molecule has 2 aromatic rings. The number of carboxylic acids is 1. The number of carboxylic acid groups (broad SMARTS) is 1. The van der Waals surface area contributed by atoms with E-state index in [9.17, 15) is 9.90 Å². The van der Waals surface area contributed by atoms with Crippen LogP contribution in [0.5, 0.6) is 0 Å². The number of hydrogen-bond donors (Lipinski definition) is 1. The second-order valence-electron chi connectivity index (χ2n) is 6.23. The molecule has 0 bridgehead atoms. The van der Waals surface area contributed by atoms with Gasteiger partial charge >= 0.3 is 5.97 Å². The Morgan fingerprint density at radius 3 is 2.62 bits per heavy atom. The number of hydrogen-bond acceptors (Lipinski definition) is 2. The number of nitrogens with zero attached hydrogens (tertiary/aromatic N) is 2. The lowest BCUT2D eigenvalue weighted by Gasteiger charge is -2.25. The van der Waals surface area contributed by atoms with Gasteiger partial charge in [0.15, 0.2) is 5.54 Å². The Balaban J connectivity index is 1.90. The highest BCUT2D eigenvalue weighted by atomic mass is 16.4. The van der Waals surface area contributed by atoms with Crippen LogP contribution in [0.4, 0.5) is 0 Å². The molecule has 1 saturated carbocycles. The van der Waals surface area contributed by atoms with Gasteiger partial charge in [-0.05, 0) is 43.7 Å². The molecule has 1 unspecified atom stereocenters. The first-order valence-electron chi connectivity index (χ1n) is 7.33. The number of benzene rings is 1. The summed E-state index contributed by atoms with van der Waals surface area (Å²) in [4.78, 5) is 11.8. The summed E-state index contributed by atoms with van der Waals surface area (Å²) in [5.41, 5.74) is 2.29. The smallest absolute Gasteiger partial charge is 0.331 e.